The normalized spacial score (nSPS) is 16.3. The van der Waals surface area contributed by atoms with Crippen LogP contribution >= 0.6 is 0 Å². The number of hydrogen-bond acceptors (Lipinski definition) is 3. The van der Waals surface area contributed by atoms with Crippen LogP contribution in [0.1, 0.15) is 67.2 Å². The van der Waals surface area contributed by atoms with E-state index in [1.165, 1.54) is 0 Å². The highest BCUT2D eigenvalue weighted by atomic mass is 16.2. The van der Waals surface area contributed by atoms with E-state index in [9.17, 15) is 14.4 Å². The molecule has 4 atom stereocenters. The molecule has 4 unspecified atom stereocenters. The van der Waals surface area contributed by atoms with Gasteiger partial charge in [-0.25, -0.2) is 4.79 Å². The molecule has 0 spiro atoms. The van der Waals surface area contributed by atoms with Crippen LogP contribution in [0.15, 0.2) is 0 Å². The summed E-state index contributed by atoms with van der Waals surface area (Å²) in [5, 5.41) is 4.61. The quantitative estimate of drug-likeness (QED) is 0.720. The van der Waals surface area contributed by atoms with Gasteiger partial charge in [0, 0.05) is 11.8 Å². The number of carbonyl (C=O) groups excluding carboxylic acids is 3. The minimum atomic E-state index is -0.710. The summed E-state index contributed by atoms with van der Waals surface area (Å²) in [7, 11) is 0. The SMILES string of the molecule is CCC(C)C(CC)C(=O)NC(=O)NC(=O)C(CC)C(C)CC. The van der Waals surface area contributed by atoms with Crippen LogP contribution in [0.2, 0.25) is 0 Å². The van der Waals surface area contributed by atoms with Gasteiger partial charge >= 0.3 is 6.03 Å². The van der Waals surface area contributed by atoms with Crippen LogP contribution in [0.3, 0.4) is 0 Å². The number of imide groups is 2. The van der Waals surface area contributed by atoms with Crippen LogP contribution < -0.4 is 10.6 Å². The Morgan fingerprint density at radius 2 is 1.00 bits per heavy atom. The summed E-state index contributed by atoms with van der Waals surface area (Å²) in [4.78, 5) is 36.1. The van der Waals surface area contributed by atoms with Crippen molar-refractivity contribution in [1.82, 2.24) is 10.6 Å². The minimum Gasteiger partial charge on any atom is -0.278 e. The zero-order valence-electron chi connectivity index (χ0n) is 14.9. The molecule has 0 bridgehead atoms. The predicted molar refractivity (Wildman–Crippen MR) is 88.2 cm³/mol. The van der Waals surface area contributed by atoms with Crippen LogP contribution in [0.4, 0.5) is 4.79 Å². The Hall–Kier alpha value is -1.39. The molecular weight excluding hydrogens is 280 g/mol. The van der Waals surface area contributed by atoms with Gasteiger partial charge in [-0.05, 0) is 24.7 Å². The standard InChI is InChI=1S/C17H32N2O3/c1-7-11(5)13(9-3)15(20)18-17(22)19-16(21)14(10-4)12(6)8-2/h11-14H,7-10H2,1-6H3,(H2,18,19,20,21,22). The van der Waals surface area contributed by atoms with Crippen molar-refractivity contribution in [2.45, 2.75) is 67.2 Å². The second-order valence-corrected chi connectivity index (χ2v) is 6.11. The molecule has 2 N–H and O–H groups in total. The lowest BCUT2D eigenvalue weighted by Crippen LogP contribution is -2.48. The van der Waals surface area contributed by atoms with Gasteiger partial charge in [-0.3, -0.25) is 20.2 Å². The van der Waals surface area contributed by atoms with Crippen LogP contribution in [-0.4, -0.2) is 17.8 Å². The van der Waals surface area contributed by atoms with Gasteiger partial charge in [-0.15, -0.1) is 0 Å². The molecular formula is C17H32N2O3. The smallest absolute Gasteiger partial charge is 0.278 e. The van der Waals surface area contributed by atoms with Crippen LogP contribution in [0, 0.1) is 23.7 Å². The topological polar surface area (TPSA) is 75.3 Å². The Balaban J connectivity index is 4.61. The van der Waals surface area contributed by atoms with Gasteiger partial charge < -0.3 is 0 Å². The molecule has 0 aliphatic carbocycles. The molecule has 0 aliphatic rings. The van der Waals surface area contributed by atoms with E-state index in [-0.39, 0.29) is 35.5 Å². The fourth-order valence-corrected chi connectivity index (χ4v) is 2.70. The first-order chi connectivity index (χ1) is 10.3. The van der Waals surface area contributed by atoms with Crippen molar-refractivity contribution in [3.05, 3.63) is 0 Å². The minimum absolute atomic E-state index is 0.206. The number of rotatable bonds is 8. The molecule has 0 radical (unpaired) electrons. The van der Waals surface area contributed by atoms with E-state index in [2.05, 4.69) is 10.6 Å². The first-order valence-electron chi connectivity index (χ1n) is 8.47. The maximum Gasteiger partial charge on any atom is 0.328 e. The molecule has 0 heterocycles. The third-order valence-electron chi connectivity index (χ3n) is 4.69. The lowest BCUT2D eigenvalue weighted by Gasteiger charge is -2.22. The molecule has 0 fully saturated rings. The number of amides is 4. The van der Waals surface area contributed by atoms with Gasteiger partial charge in [0.2, 0.25) is 11.8 Å². The van der Waals surface area contributed by atoms with Crippen molar-refractivity contribution in [1.29, 1.82) is 0 Å². The second kappa shape index (κ2) is 10.4. The molecule has 0 saturated heterocycles. The molecule has 0 saturated carbocycles. The first-order valence-corrected chi connectivity index (χ1v) is 8.47. The molecule has 0 aromatic rings. The summed E-state index contributed by atoms with van der Waals surface area (Å²) in [6.45, 7) is 11.9. The average molecular weight is 312 g/mol. The van der Waals surface area contributed by atoms with E-state index < -0.39 is 6.03 Å². The molecule has 4 amide bonds. The number of carbonyl (C=O) groups is 3. The Morgan fingerprint density at radius 1 is 0.682 bits per heavy atom. The third kappa shape index (κ3) is 6.16. The summed E-state index contributed by atoms with van der Waals surface area (Å²) < 4.78 is 0. The lowest BCUT2D eigenvalue weighted by atomic mass is 9.88. The largest absolute Gasteiger partial charge is 0.328 e. The van der Waals surface area contributed by atoms with Crippen molar-refractivity contribution in [3.63, 3.8) is 0 Å². The number of hydrogen-bond donors (Lipinski definition) is 2. The predicted octanol–water partition coefficient (Wildman–Crippen LogP) is 3.48. The molecule has 0 aromatic heterocycles. The lowest BCUT2D eigenvalue weighted by molar-refractivity contribution is -0.126. The Bertz CT molecular complexity index is 348. The van der Waals surface area contributed by atoms with Gasteiger partial charge in [0.05, 0.1) is 0 Å². The van der Waals surface area contributed by atoms with E-state index in [1.807, 2.05) is 41.5 Å². The Kier molecular flexibility index (Phi) is 9.70. The monoisotopic (exact) mass is 312 g/mol. The number of urea groups is 1. The van der Waals surface area contributed by atoms with Gasteiger partial charge in [0.15, 0.2) is 0 Å². The van der Waals surface area contributed by atoms with E-state index in [0.29, 0.717) is 12.8 Å². The van der Waals surface area contributed by atoms with Crippen molar-refractivity contribution < 1.29 is 14.4 Å². The van der Waals surface area contributed by atoms with Crippen molar-refractivity contribution in [3.8, 4) is 0 Å². The van der Waals surface area contributed by atoms with Crippen LogP contribution in [0.5, 0.6) is 0 Å². The molecule has 0 aliphatic heterocycles. The summed E-state index contributed by atoms with van der Waals surface area (Å²) in [5.41, 5.74) is 0. The summed E-state index contributed by atoms with van der Waals surface area (Å²) >= 11 is 0. The Morgan fingerprint density at radius 3 is 1.23 bits per heavy atom. The maximum atomic E-state index is 12.1. The van der Waals surface area contributed by atoms with Crippen molar-refractivity contribution >= 4 is 17.8 Å². The van der Waals surface area contributed by atoms with Gasteiger partial charge in [-0.2, -0.15) is 0 Å². The second-order valence-electron chi connectivity index (χ2n) is 6.11. The zero-order chi connectivity index (χ0) is 17.3. The molecule has 0 aromatic carbocycles. The number of nitrogens with one attached hydrogen (secondary N) is 2. The van der Waals surface area contributed by atoms with Gasteiger partial charge in [0.1, 0.15) is 0 Å². The maximum absolute atomic E-state index is 12.1. The van der Waals surface area contributed by atoms with Crippen LogP contribution in [0.25, 0.3) is 0 Å². The van der Waals surface area contributed by atoms with E-state index >= 15 is 0 Å². The highest BCUT2D eigenvalue weighted by Gasteiger charge is 2.27. The van der Waals surface area contributed by atoms with Crippen molar-refractivity contribution in [2.75, 3.05) is 0 Å². The Labute approximate surface area is 134 Å². The van der Waals surface area contributed by atoms with E-state index in [1.54, 1.807) is 0 Å². The fraction of sp³-hybridized carbons (Fsp3) is 0.824. The first kappa shape index (κ1) is 20.6. The third-order valence-corrected chi connectivity index (χ3v) is 4.69. The molecule has 0 rings (SSSR count). The molecule has 5 heteroatoms. The van der Waals surface area contributed by atoms with Gasteiger partial charge in [-0.1, -0.05) is 54.4 Å². The summed E-state index contributed by atoms with van der Waals surface area (Å²) in [6, 6.07) is -0.710. The highest BCUT2D eigenvalue weighted by molar-refractivity contribution is 6.03. The highest BCUT2D eigenvalue weighted by Crippen LogP contribution is 2.19. The van der Waals surface area contributed by atoms with E-state index in [4.69, 9.17) is 0 Å². The van der Waals surface area contributed by atoms with Gasteiger partial charge in [0.25, 0.3) is 0 Å². The summed E-state index contributed by atoms with van der Waals surface area (Å²) in [5.74, 6) is -0.615. The zero-order valence-corrected chi connectivity index (χ0v) is 14.9. The van der Waals surface area contributed by atoms with E-state index in [0.717, 1.165) is 12.8 Å². The molecule has 22 heavy (non-hydrogen) atoms. The fourth-order valence-electron chi connectivity index (χ4n) is 2.70. The average Bonchev–Trinajstić information content (AvgIpc) is 2.47. The molecule has 5 nitrogen and oxygen atoms in total. The van der Waals surface area contributed by atoms with Crippen LogP contribution in [-0.2, 0) is 9.59 Å². The van der Waals surface area contributed by atoms with Crippen molar-refractivity contribution in [2.24, 2.45) is 23.7 Å². The molecule has 128 valence electrons. The summed E-state index contributed by atoms with van der Waals surface area (Å²) in [6.07, 6.45) is 3.09.